The molecule has 2 aromatic heterocycles. The Morgan fingerprint density at radius 1 is 0.759 bits per heavy atom. The molecule has 0 aliphatic heterocycles. The Balaban J connectivity index is 1.57. The van der Waals surface area contributed by atoms with E-state index in [2.05, 4.69) is 9.97 Å². The van der Waals surface area contributed by atoms with Gasteiger partial charge in [0.1, 0.15) is 11.5 Å². The van der Waals surface area contributed by atoms with Gasteiger partial charge in [-0.05, 0) is 73.5 Å². The molecule has 152 valence electrons. The lowest BCUT2D eigenvalue weighted by molar-refractivity contribution is 0.393. The highest BCUT2D eigenvalue weighted by Crippen LogP contribution is 2.27. The van der Waals surface area contributed by atoms with Crippen molar-refractivity contribution in [3.63, 3.8) is 0 Å². The van der Waals surface area contributed by atoms with Crippen LogP contribution in [0.1, 0.15) is 11.1 Å². The van der Waals surface area contributed by atoms with E-state index in [0.29, 0.717) is 25.9 Å². The first-order chi connectivity index (χ1) is 14.0. The number of fused-ring (bicyclic) bond motifs is 2. The molecule has 9 heteroatoms. The van der Waals surface area contributed by atoms with E-state index in [1.165, 1.54) is 0 Å². The second-order valence-corrected chi connectivity index (χ2v) is 7.84. The van der Waals surface area contributed by atoms with Crippen molar-refractivity contribution in [3.8, 4) is 11.5 Å². The maximum Gasteiger partial charge on any atom is 0.500 e. The minimum atomic E-state index is -4.31. The van der Waals surface area contributed by atoms with Gasteiger partial charge >= 0.3 is 10.4 Å². The van der Waals surface area contributed by atoms with Crippen molar-refractivity contribution in [2.24, 2.45) is 11.5 Å². The van der Waals surface area contributed by atoms with Crippen molar-refractivity contribution in [1.82, 2.24) is 9.97 Å². The Labute approximate surface area is 168 Å². The molecule has 6 N–H and O–H groups in total. The average molecular weight is 414 g/mol. The number of hydrogen-bond donors (Lipinski definition) is 4. The summed E-state index contributed by atoms with van der Waals surface area (Å²) in [6.07, 6.45) is 5.07. The molecule has 29 heavy (non-hydrogen) atoms. The summed E-state index contributed by atoms with van der Waals surface area (Å²) in [6.45, 7) is 0.987. The van der Waals surface area contributed by atoms with E-state index in [0.717, 1.165) is 32.9 Å². The number of rotatable bonds is 8. The van der Waals surface area contributed by atoms with E-state index in [4.69, 9.17) is 19.8 Å². The Morgan fingerprint density at radius 3 is 1.62 bits per heavy atom. The third-order valence-electron chi connectivity index (χ3n) is 4.70. The highest BCUT2D eigenvalue weighted by molar-refractivity contribution is 7.82. The lowest BCUT2D eigenvalue weighted by atomic mass is 10.1. The fraction of sp³-hybridized carbons (Fsp3) is 0.200. The average Bonchev–Trinajstić information content (AvgIpc) is 3.26. The van der Waals surface area contributed by atoms with Gasteiger partial charge in [-0.1, -0.05) is 0 Å². The maximum absolute atomic E-state index is 12.4. The predicted octanol–water partition coefficient (Wildman–Crippen LogP) is 2.35. The second-order valence-electron chi connectivity index (χ2n) is 6.69. The maximum atomic E-state index is 12.4. The molecular formula is C20H22N4O4S. The van der Waals surface area contributed by atoms with Crippen molar-refractivity contribution in [1.29, 1.82) is 0 Å². The molecular weight excluding hydrogens is 392 g/mol. The molecule has 0 atom stereocenters. The van der Waals surface area contributed by atoms with Gasteiger partial charge in [-0.15, -0.1) is 8.42 Å². The van der Waals surface area contributed by atoms with Crippen LogP contribution in [0.25, 0.3) is 21.8 Å². The van der Waals surface area contributed by atoms with Crippen molar-refractivity contribution in [2.75, 3.05) is 13.1 Å². The van der Waals surface area contributed by atoms with Gasteiger partial charge in [-0.3, -0.25) is 0 Å². The normalized spacial score (nSPS) is 11.9. The van der Waals surface area contributed by atoms with Gasteiger partial charge in [-0.2, -0.15) is 0 Å². The molecule has 0 radical (unpaired) electrons. The SMILES string of the molecule is NCCc1c[nH]c2ccc(OS(=O)(=O)Oc3ccc4[nH]cc(CCN)c4c3)cc12. The van der Waals surface area contributed by atoms with Gasteiger partial charge in [0.2, 0.25) is 0 Å². The number of H-pyrrole nitrogens is 2. The molecule has 0 amide bonds. The largest absolute Gasteiger partial charge is 0.500 e. The van der Waals surface area contributed by atoms with Crippen LogP contribution in [0.5, 0.6) is 11.5 Å². The number of benzene rings is 2. The third kappa shape index (κ3) is 4.07. The fourth-order valence-electron chi connectivity index (χ4n) is 3.40. The molecule has 4 rings (SSSR count). The Hall–Kier alpha value is -3.01. The molecule has 0 aliphatic carbocycles. The van der Waals surface area contributed by atoms with Crippen LogP contribution in [0, 0.1) is 0 Å². The van der Waals surface area contributed by atoms with Crippen LogP contribution in [0.3, 0.4) is 0 Å². The van der Waals surface area contributed by atoms with E-state index in [-0.39, 0.29) is 11.5 Å². The van der Waals surface area contributed by atoms with Gasteiger partial charge in [0.05, 0.1) is 0 Å². The summed E-state index contributed by atoms with van der Waals surface area (Å²) < 4.78 is 35.2. The van der Waals surface area contributed by atoms with Crippen LogP contribution >= 0.6 is 0 Å². The van der Waals surface area contributed by atoms with Crippen LogP contribution in [0.15, 0.2) is 48.8 Å². The van der Waals surface area contributed by atoms with E-state index < -0.39 is 10.4 Å². The van der Waals surface area contributed by atoms with Gasteiger partial charge in [-0.25, -0.2) is 0 Å². The monoisotopic (exact) mass is 414 g/mol. The van der Waals surface area contributed by atoms with E-state index in [1.54, 1.807) is 36.4 Å². The summed E-state index contributed by atoms with van der Waals surface area (Å²) >= 11 is 0. The fourth-order valence-corrected chi connectivity index (χ4v) is 4.11. The first kappa shape index (κ1) is 19.3. The Kier molecular flexibility index (Phi) is 5.18. The minimum absolute atomic E-state index is 0.168. The molecule has 8 nitrogen and oxygen atoms in total. The molecule has 0 saturated heterocycles. The highest BCUT2D eigenvalue weighted by Gasteiger charge is 2.18. The Bertz CT molecular complexity index is 1170. The van der Waals surface area contributed by atoms with Crippen LogP contribution in [0.2, 0.25) is 0 Å². The lowest BCUT2D eigenvalue weighted by Crippen LogP contribution is -2.16. The molecule has 0 aliphatic rings. The van der Waals surface area contributed by atoms with Gasteiger partial charge in [0.25, 0.3) is 0 Å². The molecule has 0 spiro atoms. The lowest BCUT2D eigenvalue weighted by Gasteiger charge is -2.09. The first-order valence-electron chi connectivity index (χ1n) is 9.23. The summed E-state index contributed by atoms with van der Waals surface area (Å²) in [7, 11) is -4.31. The van der Waals surface area contributed by atoms with E-state index in [1.807, 2.05) is 12.4 Å². The van der Waals surface area contributed by atoms with E-state index >= 15 is 0 Å². The summed E-state index contributed by atoms with van der Waals surface area (Å²) in [6, 6.07) is 9.97. The summed E-state index contributed by atoms with van der Waals surface area (Å²) in [4.78, 5) is 6.26. The van der Waals surface area contributed by atoms with Crippen LogP contribution in [0.4, 0.5) is 0 Å². The quantitative estimate of drug-likeness (QED) is 0.349. The third-order valence-corrected chi connectivity index (χ3v) is 5.49. The second kappa shape index (κ2) is 7.78. The van der Waals surface area contributed by atoms with Gasteiger partial charge < -0.3 is 29.8 Å². The van der Waals surface area contributed by atoms with E-state index in [9.17, 15) is 8.42 Å². The zero-order valence-corrected chi connectivity index (χ0v) is 16.5. The van der Waals surface area contributed by atoms with Crippen molar-refractivity contribution in [3.05, 3.63) is 59.9 Å². The first-order valence-corrected chi connectivity index (χ1v) is 10.6. The van der Waals surface area contributed by atoms with Crippen LogP contribution < -0.4 is 19.8 Å². The number of aromatic amines is 2. The van der Waals surface area contributed by atoms with Gasteiger partial charge in [0.15, 0.2) is 0 Å². The smallest absolute Gasteiger partial charge is 0.361 e. The predicted molar refractivity (Wildman–Crippen MR) is 112 cm³/mol. The molecule has 0 fully saturated rings. The van der Waals surface area contributed by atoms with Crippen molar-refractivity contribution in [2.45, 2.75) is 12.8 Å². The molecule has 2 aromatic carbocycles. The number of hydrogen-bond acceptors (Lipinski definition) is 6. The topological polar surface area (TPSA) is 136 Å². The van der Waals surface area contributed by atoms with Crippen molar-refractivity contribution >= 4 is 32.2 Å². The van der Waals surface area contributed by atoms with Crippen LogP contribution in [-0.2, 0) is 23.2 Å². The molecule has 2 heterocycles. The number of aromatic nitrogens is 2. The molecule has 0 saturated carbocycles. The zero-order chi connectivity index (χ0) is 20.4. The Morgan fingerprint density at radius 2 is 1.21 bits per heavy atom. The summed E-state index contributed by atoms with van der Waals surface area (Å²) in [5.74, 6) is 0.337. The number of nitrogens with two attached hydrogens (primary N) is 2. The standard InChI is InChI=1S/C20H22N4O4S/c21-7-5-13-11-23-19-3-1-15(9-17(13)19)27-29(25,26)28-16-2-4-20-18(10-16)14(6-8-22)12-24-20/h1-4,9-12,23-24H,5-8,21-22H2. The summed E-state index contributed by atoms with van der Waals surface area (Å²) in [5.41, 5.74) is 15.0. The minimum Gasteiger partial charge on any atom is -0.361 e. The number of nitrogens with one attached hydrogen (secondary N) is 2. The molecule has 0 unspecified atom stereocenters. The van der Waals surface area contributed by atoms with Crippen molar-refractivity contribution < 1.29 is 16.8 Å². The highest BCUT2D eigenvalue weighted by atomic mass is 32.3. The van der Waals surface area contributed by atoms with Gasteiger partial charge in [0, 0.05) is 34.2 Å². The summed E-state index contributed by atoms with van der Waals surface area (Å²) in [5, 5.41) is 1.73. The van der Waals surface area contributed by atoms with Crippen LogP contribution in [-0.4, -0.2) is 31.5 Å². The molecule has 4 aromatic rings. The molecule has 0 bridgehead atoms. The zero-order valence-electron chi connectivity index (χ0n) is 15.6.